The van der Waals surface area contributed by atoms with Crippen molar-refractivity contribution in [1.82, 2.24) is 10.2 Å². The summed E-state index contributed by atoms with van der Waals surface area (Å²) in [7, 11) is 4.44. The second-order valence-electron chi connectivity index (χ2n) is 4.43. The molecule has 0 saturated heterocycles. The molecule has 0 bridgehead atoms. The fourth-order valence-electron chi connectivity index (χ4n) is 1.85. The molecule has 0 saturated carbocycles. The lowest BCUT2D eigenvalue weighted by atomic mass is 10.1. The molecule has 1 aromatic heterocycles. The number of ether oxygens (including phenoxy) is 3. The van der Waals surface area contributed by atoms with Gasteiger partial charge < -0.3 is 28.5 Å². The minimum Gasteiger partial charge on any atom is -0.544 e. The minimum absolute atomic E-state index is 0.0994. The van der Waals surface area contributed by atoms with E-state index in [0.29, 0.717) is 28.7 Å². The van der Waals surface area contributed by atoms with Gasteiger partial charge in [0.25, 0.3) is 5.22 Å². The van der Waals surface area contributed by atoms with Crippen LogP contribution >= 0.6 is 11.8 Å². The predicted octanol–water partition coefficient (Wildman–Crippen LogP) is 1.29. The molecular formula is C15H15N2O6S-. The monoisotopic (exact) mass is 351 g/mol. The molecule has 128 valence electrons. The van der Waals surface area contributed by atoms with Gasteiger partial charge in [-0.3, -0.25) is 0 Å². The van der Waals surface area contributed by atoms with Crippen molar-refractivity contribution in [2.75, 3.05) is 21.3 Å². The maximum atomic E-state index is 11.4. The highest BCUT2D eigenvalue weighted by atomic mass is 32.2. The highest BCUT2D eigenvalue weighted by molar-refractivity contribution is 8.03. The first kappa shape index (κ1) is 17.7. The lowest BCUT2D eigenvalue weighted by Crippen LogP contribution is -2.23. The van der Waals surface area contributed by atoms with Gasteiger partial charge in [0.2, 0.25) is 5.89 Å². The van der Waals surface area contributed by atoms with Crippen LogP contribution in [-0.4, -0.2) is 37.5 Å². The summed E-state index contributed by atoms with van der Waals surface area (Å²) in [6, 6.07) is 3.19. The Bertz CT molecular complexity index is 771. The summed E-state index contributed by atoms with van der Waals surface area (Å²) in [6.45, 7) is 1.61. The van der Waals surface area contributed by atoms with E-state index in [0.717, 1.165) is 11.8 Å². The Labute approximate surface area is 142 Å². The fraction of sp³-hybridized carbons (Fsp3) is 0.267. The van der Waals surface area contributed by atoms with Gasteiger partial charge >= 0.3 is 0 Å². The number of rotatable bonds is 7. The number of aliphatic carboxylic acids is 1. The minimum atomic E-state index is -1.38. The van der Waals surface area contributed by atoms with Crippen molar-refractivity contribution in [3.63, 3.8) is 0 Å². The van der Waals surface area contributed by atoms with Crippen molar-refractivity contribution >= 4 is 23.8 Å². The van der Waals surface area contributed by atoms with Crippen molar-refractivity contribution in [2.45, 2.75) is 12.1 Å². The number of thioether (sulfide) groups is 1. The van der Waals surface area contributed by atoms with E-state index in [9.17, 15) is 9.90 Å². The van der Waals surface area contributed by atoms with E-state index < -0.39 is 5.97 Å². The highest BCUT2D eigenvalue weighted by Gasteiger charge is 2.14. The average molecular weight is 351 g/mol. The summed E-state index contributed by atoms with van der Waals surface area (Å²) in [6.07, 6.45) is 1.38. The first-order valence-electron chi connectivity index (χ1n) is 6.69. The topological polar surface area (TPSA) is 107 Å². The van der Waals surface area contributed by atoms with Crippen LogP contribution in [0.4, 0.5) is 0 Å². The number of nitrogens with zero attached hydrogens (tertiary/aromatic N) is 2. The van der Waals surface area contributed by atoms with Gasteiger partial charge in [0.1, 0.15) is 5.75 Å². The van der Waals surface area contributed by atoms with Crippen LogP contribution in [0.1, 0.15) is 11.5 Å². The van der Waals surface area contributed by atoms with Gasteiger partial charge in [-0.2, -0.15) is 0 Å². The number of hydrogen-bond acceptors (Lipinski definition) is 9. The van der Waals surface area contributed by atoms with Crippen molar-refractivity contribution in [3.8, 4) is 17.2 Å². The zero-order valence-electron chi connectivity index (χ0n) is 13.5. The van der Waals surface area contributed by atoms with Crippen molar-refractivity contribution in [2.24, 2.45) is 0 Å². The lowest BCUT2D eigenvalue weighted by molar-refractivity contribution is -0.298. The van der Waals surface area contributed by atoms with E-state index in [2.05, 4.69) is 10.2 Å². The molecule has 0 aliphatic rings. The molecule has 0 N–H and O–H groups in total. The molecule has 0 fully saturated rings. The van der Waals surface area contributed by atoms with Crippen LogP contribution in [0.15, 0.2) is 26.7 Å². The predicted molar refractivity (Wildman–Crippen MR) is 84.0 cm³/mol. The zero-order chi connectivity index (χ0) is 17.7. The van der Waals surface area contributed by atoms with Crippen molar-refractivity contribution in [1.29, 1.82) is 0 Å². The molecule has 2 rings (SSSR count). The maximum Gasteiger partial charge on any atom is 0.281 e. The van der Waals surface area contributed by atoms with Gasteiger partial charge in [-0.15, -0.1) is 10.2 Å². The summed E-state index contributed by atoms with van der Waals surface area (Å²) in [5.41, 5.74) is 0.470. The third kappa shape index (κ3) is 3.99. The number of carbonyl (C=O) groups is 1. The van der Waals surface area contributed by atoms with Crippen LogP contribution in [0.25, 0.3) is 6.08 Å². The number of carboxylic acid groups (broad SMARTS) is 1. The van der Waals surface area contributed by atoms with Gasteiger partial charge in [0.05, 0.1) is 27.3 Å². The van der Waals surface area contributed by atoms with Crippen LogP contribution in [0.2, 0.25) is 0 Å². The third-order valence-corrected chi connectivity index (χ3v) is 3.77. The zero-order valence-corrected chi connectivity index (χ0v) is 14.3. The van der Waals surface area contributed by atoms with Crippen molar-refractivity contribution < 1.29 is 28.5 Å². The first-order chi connectivity index (χ1) is 11.5. The Morgan fingerprint density at radius 3 is 2.25 bits per heavy atom. The molecular weight excluding hydrogens is 336 g/mol. The van der Waals surface area contributed by atoms with E-state index in [1.165, 1.54) is 27.4 Å². The molecule has 2 aromatic rings. The molecule has 0 atom stereocenters. The molecule has 0 unspecified atom stereocenters. The third-order valence-electron chi connectivity index (χ3n) is 2.93. The number of carbonyl (C=O) groups excluding carboxylic acids is 1. The molecule has 0 radical (unpaired) electrons. The average Bonchev–Trinajstić information content (AvgIpc) is 2.98. The number of carboxylic acids is 1. The van der Waals surface area contributed by atoms with Gasteiger partial charge in [-0.1, -0.05) is 0 Å². The van der Waals surface area contributed by atoms with E-state index in [4.69, 9.17) is 18.6 Å². The summed E-state index contributed by atoms with van der Waals surface area (Å²) in [5, 5.41) is 18.9. The molecule has 24 heavy (non-hydrogen) atoms. The molecule has 1 heterocycles. The number of methoxy groups -OCH3 is 3. The molecule has 1 aromatic carbocycles. The first-order valence-corrected chi connectivity index (χ1v) is 7.51. The Morgan fingerprint density at radius 2 is 1.75 bits per heavy atom. The Morgan fingerprint density at radius 1 is 1.12 bits per heavy atom. The normalized spacial score (nSPS) is 11.2. The van der Waals surface area contributed by atoms with Crippen LogP contribution < -0.4 is 19.3 Å². The summed E-state index contributed by atoms with van der Waals surface area (Å²) >= 11 is 0.786. The van der Waals surface area contributed by atoms with Crippen LogP contribution in [0.5, 0.6) is 17.2 Å². The SMILES string of the molecule is COc1cc(OC)c(OC)cc1/C=C(\Sc1nnc(C)o1)C(=O)[O-]. The summed E-state index contributed by atoms with van der Waals surface area (Å²) < 4.78 is 20.9. The molecule has 0 aliphatic heterocycles. The largest absolute Gasteiger partial charge is 0.544 e. The van der Waals surface area contributed by atoms with Crippen LogP contribution in [-0.2, 0) is 4.79 Å². The van der Waals surface area contributed by atoms with Gasteiger partial charge in [-0.05, 0) is 23.9 Å². The van der Waals surface area contributed by atoms with Crippen LogP contribution in [0.3, 0.4) is 0 Å². The van der Waals surface area contributed by atoms with Gasteiger partial charge in [0.15, 0.2) is 11.5 Å². The Kier molecular flexibility index (Phi) is 5.69. The highest BCUT2D eigenvalue weighted by Crippen LogP contribution is 2.37. The van der Waals surface area contributed by atoms with E-state index in [1.807, 2.05) is 0 Å². The summed E-state index contributed by atoms with van der Waals surface area (Å²) in [4.78, 5) is 11.3. The van der Waals surface area contributed by atoms with E-state index in [-0.39, 0.29) is 10.1 Å². The van der Waals surface area contributed by atoms with Gasteiger partial charge in [0, 0.05) is 23.5 Å². The fourth-order valence-corrected chi connectivity index (χ4v) is 2.55. The molecule has 0 aliphatic carbocycles. The lowest BCUT2D eigenvalue weighted by Gasteiger charge is -2.13. The number of aromatic nitrogens is 2. The van der Waals surface area contributed by atoms with Gasteiger partial charge in [-0.25, -0.2) is 0 Å². The molecule has 8 nitrogen and oxygen atoms in total. The number of benzene rings is 1. The van der Waals surface area contributed by atoms with E-state index in [1.54, 1.807) is 19.1 Å². The molecule has 0 amide bonds. The Balaban J connectivity index is 2.46. The summed E-state index contributed by atoms with van der Waals surface area (Å²) in [5.74, 6) is 0.253. The smallest absolute Gasteiger partial charge is 0.281 e. The second-order valence-corrected chi connectivity index (χ2v) is 5.43. The quantitative estimate of drug-likeness (QED) is 0.538. The Hall–Kier alpha value is -2.68. The number of aryl methyl sites for hydroxylation is 1. The molecule has 9 heteroatoms. The standard InChI is InChI=1S/C15H16N2O6S/c1-8-16-17-15(23-8)24-13(14(18)19)6-9-5-11(21-3)12(22-4)7-10(9)20-2/h5-7H,1-4H3,(H,18,19)/p-1/b13-6-. The number of hydrogen-bond donors (Lipinski definition) is 0. The molecule has 0 spiro atoms. The van der Waals surface area contributed by atoms with E-state index >= 15 is 0 Å². The van der Waals surface area contributed by atoms with Crippen LogP contribution in [0, 0.1) is 6.92 Å². The van der Waals surface area contributed by atoms with Crippen molar-refractivity contribution in [3.05, 3.63) is 28.5 Å². The maximum absolute atomic E-state index is 11.4. The second kappa shape index (κ2) is 7.73.